The Kier molecular flexibility index (Phi) is 7.74. The van der Waals surface area contributed by atoms with Crippen LogP contribution in [0.15, 0.2) is 60.9 Å². The number of carbonyl (C=O) groups is 2. The van der Waals surface area contributed by atoms with Gasteiger partial charge in [0, 0.05) is 48.3 Å². The molecule has 10 heteroatoms. The van der Waals surface area contributed by atoms with Gasteiger partial charge in [-0.2, -0.15) is 0 Å². The van der Waals surface area contributed by atoms with Crippen molar-refractivity contribution in [2.45, 2.75) is 77.5 Å². The number of rotatable bonds is 6. The monoisotopic (exact) mass is 620 g/mol. The number of β-lactam (4-membered cyclic amide) rings is 1. The fraction of sp³-hybridized carbons (Fsp3) is 0.417. The van der Waals surface area contributed by atoms with E-state index >= 15 is 0 Å². The molecule has 2 unspecified atom stereocenters. The number of carbonyl (C=O) groups excluding carboxylic acids is 2. The van der Waals surface area contributed by atoms with Gasteiger partial charge in [0.2, 0.25) is 17.7 Å². The van der Waals surface area contributed by atoms with Crippen molar-refractivity contribution in [1.29, 1.82) is 0 Å². The molecule has 2 amide bonds. The van der Waals surface area contributed by atoms with Gasteiger partial charge in [0.1, 0.15) is 11.4 Å². The van der Waals surface area contributed by atoms with Crippen molar-refractivity contribution < 1.29 is 19.1 Å². The van der Waals surface area contributed by atoms with Gasteiger partial charge in [-0.1, -0.05) is 30.7 Å². The quantitative estimate of drug-likeness (QED) is 0.227. The van der Waals surface area contributed by atoms with Crippen molar-refractivity contribution in [3.63, 3.8) is 0 Å². The first-order valence-electron chi connectivity index (χ1n) is 16.2. The molecule has 10 nitrogen and oxygen atoms in total. The van der Waals surface area contributed by atoms with Crippen molar-refractivity contribution in [3.05, 3.63) is 66.5 Å². The minimum atomic E-state index is -0.544. The van der Waals surface area contributed by atoms with Crippen molar-refractivity contribution in [3.8, 4) is 22.9 Å². The van der Waals surface area contributed by atoms with E-state index in [1.807, 2.05) is 75.1 Å². The number of hydrogen-bond acceptors (Lipinski definition) is 8. The third-order valence-corrected chi connectivity index (χ3v) is 9.12. The number of nitrogens with one attached hydrogen (secondary N) is 1. The standard InChI is InChI=1S/C36H40N6O4/c1-22-15-16-24-25(10-5-13-29(24)42-30-14-6-11-27(30)33(42)43)31(22)45-32-26(12-7-18-37-32)28-17-19-38-34(40-28)39-23-9-8-20-41(21-23)35(44)46-36(2,3)4/h5,7,10,12-13,15-19,23,27,30H,6,8-9,11,14,20-21H2,1-4H3,(H,38,39,40)/t23-,27?,30?/m0/s1. The lowest BCUT2D eigenvalue weighted by Gasteiger charge is -2.44. The number of likely N-dealkylation sites (tertiary alicyclic amines) is 1. The van der Waals surface area contributed by atoms with E-state index in [9.17, 15) is 9.59 Å². The zero-order valence-electron chi connectivity index (χ0n) is 26.8. The van der Waals surface area contributed by atoms with E-state index in [2.05, 4.69) is 21.4 Å². The predicted molar refractivity (Wildman–Crippen MR) is 177 cm³/mol. The summed E-state index contributed by atoms with van der Waals surface area (Å²) in [5.41, 5.74) is 2.75. The Morgan fingerprint density at radius 2 is 1.83 bits per heavy atom. The summed E-state index contributed by atoms with van der Waals surface area (Å²) in [7, 11) is 0. The smallest absolute Gasteiger partial charge is 0.410 e. The molecule has 4 heterocycles. The van der Waals surface area contributed by atoms with E-state index in [0.29, 0.717) is 42.4 Å². The van der Waals surface area contributed by atoms with Gasteiger partial charge in [-0.25, -0.2) is 19.7 Å². The summed E-state index contributed by atoms with van der Waals surface area (Å²) >= 11 is 0. The molecule has 2 aromatic heterocycles. The van der Waals surface area contributed by atoms with E-state index in [1.54, 1.807) is 17.3 Å². The molecule has 3 fully saturated rings. The molecule has 0 spiro atoms. The number of pyridine rings is 1. The molecule has 2 aromatic carbocycles. The van der Waals surface area contributed by atoms with Crippen LogP contribution in [0.1, 0.15) is 58.4 Å². The lowest BCUT2D eigenvalue weighted by molar-refractivity contribution is -0.128. The van der Waals surface area contributed by atoms with E-state index in [0.717, 1.165) is 59.7 Å². The molecule has 1 N–H and O–H groups in total. The van der Waals surface area contributed by atoms with Crippen molar-refractivity contribution in [2.75, 3.05) is 23.3 Å². The van der Waals surface area contributed by atoms with Crippen LogP contribution < -0.4 is 15.0 Å². The number of fused-ring (bicyclic) bond motifs is 2. The number of amides is 2. The number of benzene rings is 2. The van der Waals surface area contributed by atoms with Crippen LogP contribution in [0.2, 0.25) is 0 Å². The molecule has 0 radical (unpaired) electrons. The van der Waals surface area contributed by atoms with Crippen LogP contribution in [0.25, 0.3) is 22.0 Å². The molecule has 3 aliphatic rings. The van der Waals surface area contributed by atoms with Crippen molar-refractivity contribution >= 4 is 34.4 Å². The fourth-order valence-electron chi connectivity index (χ4n) is 6.97. The summed E-state index contributed by atoms with van der Waals surface area (Å²) < 4.78 is 12.2. The lowest BCUT2D eigenvalue weighted by Crippen LogP contribution is -2.58. The largest absolute Gasteiger partial charge is 0.444 e. The molecular weight excluding hydrogens is 580 g/mol. The maximum Gasteiger partial charge on any atom is 0.410 e. The van der Waals surface area contributed by atoms with Gasteiger partial charge in [-0.05, 0) is 83.2 Å². The molecule has 1 saturated carbocycles. The number of piperidine rings is 1. The number of aryl methyl sites for hydroxylation is 1. The normalized spacial score (nSPS) is 21.1. The first-order valence-corrected chi connectivity index (χ1v) is 16.2. The first-order chi connectivity index (χ1) is 22.2. The van der Waals surface area contributed by atoms with Gasteiger partial charge < -0.3 is 24.6 Å². The molecule has 2 saturated heterocycles. The maximum absolute atomic E-state index is 13.0. The minimum absolute atomic E-state index is 0.00790. The highest BCUT2D eigenvalue weighted by atomic mass is 16.6. The van der Waals surface area contributed by atoms with Crippen LogP contribution in [0.4, 0.5) is 16.4 Å². The van der Waals surface area contributed by atoms with Crippen molar-refractivity contribution in [1.82, 2.24) is 19.9 Å². The maximum atomic E-state index is 13.0. The molecule has 4 aromatic rings. The predicted octanol–water partition coefficient (Wildman–Crippen LogP) is 7.12. The van der Waals surface area contributed by atoms with Gasteiger partial charge in [-0.3, -0.25) is 4.79 Å². The molecule has 46 heavy (non-hydrogen) atoms. The number of ether oxygens (including phenoxy) is 2. The number of anilines is 2. The Morgan fingerprint density at radius 3 is 2.67 bits per heavy atom. The third-order valence-electron chi connectivity index (χ3n) is 9.12. The highest BCUT2D eigenvalue weighted by Gasteiger charge is 2.50. The second kappa shape index (κ2) is 11.9. The Bertz CT molecular complexity index is 1800. The summed E-state index contributed by atoms with van der Waals surface area (Å²) in [4.78, 5) is 43.4. The zero-order valence-corrected chi connectivity index (χ0v) is 26.8. The highest BCUT2D eigenvalue weighted by Crippen LogP contribution is 2.46. The minimum Gasteiger partial charge on any atom is -0.444 e. The van der Waals surface area contributed by atoms with Gasteiger partial charge in [0.15, 0.2) is 0 Å². The zero-order chi connectivity index (χ0) is 32.0. The summed E-state index contributed by atoms with van der Waals surface area (Å²) in [5, 5.41) is 5.34. The van der Waals surface area contributed by atoms with Gasteiger partial charge in [-0.15, -0.1) is 0 Å². The highest BCUT2D eigenvalue weighted by molar-refractivity contribution is 6.10. The summed E-state index contributed by atoms with van der Waals surface area (Å²) in [5.74, 6) is 1.99. The Morgan fingerprint density at radius 1 is 0.957 bits per heavy atom. The summed E-state index contributed by atoms with van der Waals surface area (Å²) in [6, 6.07) is 16.1. The second-order valence-corrected chi connectivity index (χ2v) is 13.5. The molecular formula is C36H40N6O4. The molecule has 238 valence electrons. The van der Waals surface area contributed by atoms with Crippen LogP contribution in [0, 0.1) is 12.8 Å². The number of hydrogen-bond donors (Lipinski definition) is 1. The number of aromatic nitrogens is 3. The average molecular weight is 621 g/mol. The fourth-order valence-corrected chi connectivity index (χ4v) is 6.97. The average Bonchev–Trinajstić information content (AvgIpc) is 3.46. The van der Waals surface area contributed by atoms with E-state index in [1.165, 1.54) is 0 Å². The van der Waals surface area contributed by atoms with Gasteiger partial charge in [0.25, 0.3) is 0 Å². The first kappa shape index (κ1) is 30.0. The second-order valence-electron chi connectivity index (χ2n) is 13.5. The van der Waals surface area contributed by atoms with Crippen molar-refractivity contribution in [2.24, 2.45) is 5.92 Å². The molecule has 0 bridgehead atoms. The van der Waals surface area contributed by atoms with Crippen LogP contribution in [0.3, 0.4) is 0 Å². The SMILES string of the molecule is Cc1ccc2c(N3C(=O)C4CCCC43)cccc2c1Oc1ncccc1-c1ccnc(N[C@H]2CCCN(C(=O)OC(C)(C)C)C2)n1. The van der Waals surface area contributed by atoms with E-state index in [4.69, 9.17) is 14.5 Å². The third kappa shape index (κ3) is 5.72. The Hall–Kier alpha value is -4.73. The summed E-state index contributed by atoms with van der Waals surface area (Å²) in [6.45, 7) is 8.81. The number of nitrogens with zero attached hydrogens (tertiary/aromatic N) is 5. The Labute approximate surface area is 269 Å². The van der Waals surface area contributed by atoms with Crippen LogP contribution >= 0.6 is 0 Å². The summed E-state index contributed by atoms with van der Waals surface area (Å²) in [6.07, 6.45) is 8.01. The molecule has 7 rings (SSSR count). The lowest BCUT2D eigenvalue weighted by atomic mass is 9.89. The van der Waals surface area contributed by atoms with Gasteiger partial charge in [0.05, 0.1) is 22.9 Å². The molecule has 1 aliphatic carbocycles. The van der Waals surface area contributed by atoms with E-state index < -0.39 is 5.60 Å². The van der Waals surface area contributed by atoms with E-state index in [-0.39, 0.29) is 24.0 Å². The molecule has 3 atom stereocenters. The molecule has 2 aliphatic heterocycles. The van der Waals surface area contributed by atoms with Gasteiger partial charge >= 0.3 is 6.09 Å². The Balaban J connectivity index is 1.14. The topological polar surface area (TPSA) is 110 Å². The van der Waals surface area contributed by atoms with Crippen LogP contribution in [-0.2, 0) is 9.53 Å². The van der Waals surface area contributed by atoms with Crippen LogP contribution in [0.5, 0.6) is 11.6 Å². The van der Waals surface area contributed by atoms with Crippen LogP contribution in [-0.4, -0.2) is 62.6 Å².